The lowest BCUT2D eigenvalue weighted by Gasteiger charge is -2.18. The number of hydrogen-bond donors (Lipinski definition) is 3. The number of benzene rings is 1. The standard InChI is InChI=1S/C17H27NO3/c1-13-3-4-16(14(2)9-13)21-11-15(20)10-18-12-17(5-6-17)7-8-19/h3-4,9,15,18-20H,5-8,10-12H2,1-2H3. The molecule has 21 heavy (non-hydrogen) atoms. The maximum atomic E-state index is 9.97. The van der Waals surface area contributed by atoms with E-state index >= 15 is 0 Å². The van der Waals surface area contributed by atoms with E-state index in [9.17, 15) is 5.11 Å². The summed E-state index contributed by atoms with van der Waals surface area (Å²) in [5.41, 5.74) is 2.58. The zero-order chi connectivity index (χ0) is 15.3. The van der Waals surface area contributed by atoms with Gasteiger partial charge in [0.25, 0.3) is 0 Å². The van der Waals surface area contributed by atoms with Gasteiger partial charge in [0.15, 0.2) is 0 Å². The van der Waals surface area contributed by atoms with Gasteiger partial charge >= 0.3 is 0 Å². The van der Waals surface area contributed by atoms with E-state index in [2.05, 4.69) is 18.3 Å². The molecule has 1 aromatic rings. The fraction of sp³-hybridized carbons (Fsp3) is 0.647. The molecule has 0 amide bonds. The summed E-state index contributed by atoms with van der Waals surface area (Å²) >= 11 is 0. The number of aliphatic hydroxyl groups excluding tert-OH is 2. The highest BCUT2D eigenvalue weighted by atomic mass is 16.5. The molecule has 1 fully saturated rings. The van der Waals surface area contributed by atoms with Crippen molar-refractivity contribution in [1.29, 1.82) is 0 Å². The first-order valence-corrected chi connectivity index (χ1v) is 7.74. The number of rotatable bonds is 9. The van der Waals surface area contributed by atoms with E-state index in [1.165, 1.54) is 18.4 Å². The SMILES string of the molecule is Cc1ccc(OCC(O)CNCC2(CCO)CC2)c(C)c1. The molecule has 118 valence electrons. The molecule has 1 aromatic carbocycles. The zero-order valence-corrected chi connectivity index (χ0v) is 13.1. The van der Waals surface area contributed by atoms with E-state index in [4.69, 9.17) is 9.84 Å². The Balaban J connectivity index is 1.66. The monoisotopic (exact) mass is 293 g/mol. The van der Waals surface area contributed by atoms with E-state index in [0.29, 0.717) is 13.2 Å². The zero-order valence-electron chi connectivity index (χ0n) is 13.1. The molecule has 0 aromatic heterocycles. The van der Waals surface area contributed by atoms with Crippen LogP contribution in [0.4, 0.5) is 0 Å². The van der Waals surface area contributed by atoms with Crippen molar-refractivity contribution >= 4 is 0 Å². The molecular weight excluding hydrogens is 266 g/mol. The van der Waals surface area contributed by atoms with Crippen molar-refractivity contribution in [3.63, 3.8) is 0 Å². The van der Waals surface area contributed by atoms with Crippen LogP contribution in [0.25, 0.3) is 0 Å². The minimum atomic E-state index is -0.518. The lowest BCUT2D eigenvalue weighted by Crippen LogP contribution is -2.35. The number of aryl methyl sites for hydroxylation is 2. The van der Waals surface area contributed by atoms with Crippen molar-refractivity contribution in [3.05, 3.63) is 29.3 Å². The van der Waals surface area contributed by atoms with Gasteiger partial charge in [0.2, 0.25) is 0 Å². The largest absolute Gasteiger partial charge is 0.491 e. The summed E-state index contributed by atoms with van der Waals surface area (Å²) in [6, 6.07) is 6.04. The number of ether oxygens (including phenoxy) is 1. The molecule has 1 atom stereocenters. The highest BCUT2D eigenvalue weighted by Crippen LogP contribution is 2.47. The van der Waals surface area contributed by atoms with Crippen LogP contribution in [0.1, 0.15) is 30.4 Å². The molecule has 3 N–H and O–H groups in total. The Morgan fingerprint density at radius 2 is 2.10 bits per heavy atom. The Morgan fingerprint density at radius 1 is 1.33 bits per heavy atom. The fourth-order valence-corrected chi connectivity index (χ4v) is 2.64. The highest BCUT2D eigenvalue weighted by molar-refractivity contribution is 5.35. The summed E-state index contributed by atoms with van der Waals surface area (Å²) in [6.07, 6.45) is 2.69. The second kappa shape index (κ2) is 7.25. The Kier molecular flexibility index (Phi) is 5.62. The van der Waals surface area contributed by atoms with Crippen LogP contribution in [0.3, 0.4) is 0 Å². The van der Waals surface area contributed by atoms with Crippen molar-refractivity contribution in [2.75, 3.05) is 26.3 Å². The number of hydrogen-bond acceptors (Lipinski definition) is 4. The molecule has 0 heterocycles. The quantitative estimate of drug-likeness (QED) is 0.650. The van der Waals surface area contributed by atoms with E-state index in [0.717, 1.165) is 24.3 Å². The maximum Gasteiger partial charge on any atom is 0.122 e. The minimum Gasteiger partial charge on any atom is -0.491 e. The molecule has 1 saturated carbocycles. The smallest absolute Gasteiger partial charge is 0.122 e. The van der Waals surface area contributed by atoms with Crippen LogP contribution >= 0.6 is 0 Å². The third kappa shape index (κ3) is 4.99. The molecule has 1 aliphatic rings. The van der Waals surface area contributed by atoms with Gasteiger partial charge in [0.05, 0.1) is 0 Å². The summed E-state index contributed by atoms with van der Waals surface area (Å²) < 4.78 is 5.67. The van der Waals surface area contributed by atoms with Crippen molar-refractivity contribution in [2.24, 2.45) is 5.41 Å². The van der Waals surface area contributed by atoms with Gasteiger partial charge in [0.1, 0.15) is 18.5 Å². The minimum absolute atomic E-state index is 0.250. The molecule has 1 unspecified atom stereocenters. The van der Waals surface area contributed by atoms with Gasteiger partial charge in [-0.15, -0.1) is 0 Å². The average Bonchev–Trinajstić information content (AvgIpc) is 3.18. The Hall–Kier alpha value is -1.10. The Labute approximate surface area is 127 Å². The molecule has 1 aliphatic carbocycles. The van der Waals surface area contributed by atoms with Gasteiger partial charge in [-0.2, -0.15) is 0 Å². The van der Waals surface area contributed by atoms with Crippen molar-refractivity contribution in [1.82, 2.24) is 5.32 Å². The first-order chi connectivity index (χ1) is 10.0. The molecule has 4 heteroatoms. The van der Waals surface area contributed by atoms with E-state index in [1.807, 2.05) is 19.1 Å². The van der Waals surface area contributed by atoms with Gasteiger partial charge in [-0.05, 0) is 50.2 Å². The lowest BCUT2D eigenvalue weighted by atomic mass is 10.0. The molecule has 4 nitrogen and oxygen atoms in total. The van der Waals surface area contributed by atoms with Gasteiger partial charge in [-0.25, -0.2) is 0 Å². The van der Waals surface area contributed by atoms with Crippen molar-refractivity contribution in [2.45, 2.75) is 39.2 Å². The van der Waals surface area contributed by atoms with Crippen LogP contribution < -0.4 is 10.1 Å². The second-order valence-electron chi connectivity index (χ2n) is 6.34. The van der Waals surface area contributed by atoms with Gasteiger partial charge in [-0.1, -0.05) is 17.7 Å². The third-order valence-corrected chi connectivity index (χ3v) is 4.24. The Bertz CT molecular complexity index is 457. The summed E-state index contributed by atoms with van der Waals surface area (Å²) in [5.74, 6) is 0.832. The Morgan fingerprint density at radius 3 is 2.71 bits per heavy atom. The van der Waals surface area contributed by atoms with Crippen LogP contribution in [0.15, 0.2) is 18.2 Å². The predicted molar refractivity (Wildman–Crippen MR) is 83.7 cm³/mol. The summed E-state index contributed by atoms with van der Waals surface area (Å²) in [7, 11) is 0. The first kappa shape index (κ1) is 16.3. The summed E-state index contributed by atoms with van der Waals surface area (Å²) in [6.45, 7) is 6.00. The van der Waals surface area contributed by atoms with Gasteiger partial charge < -0.3 is 20.3 Å². The van der Waals surface area contributed by atoms with Crippen LogP contribution in [-0.2, 0) is 0 Å². The average molecular weight is 293 g/mol. The van der Waals surface area contributed by atoms with Crippen molar-refractivity contribution < 1.29 is 14.9 Å². The molecule has 0 saturated heterocycles. The highest BCUT2D eigenvalue weighted by Gasteiger charge is 2.41. The maximum absolute atomic E-state index is 9.97. The topological polar surface area (TPSA) is 61.7 Å². The molecule has 0 spiro atoms. The van der Waals surface area contributed by atoms with E-state index in [1.54, 1.807) is 0 Å². The van der Waals surface area contributed by atoms with E-state index < -0.39 is 6.10 Å². The fourth-order valence-electron chi connectivity index (χ4n) is 2.64. The molecular formula is C17H27NO3. The van der Waals surface area contributed by atoms with Crippen LogP contribution in [0.2, 0.25) is 0 Å². The first-order valence-electron chi connectivity index (χ1n) is 7.74. The van der Waals surface area contributed by atoms with Crippen LogP contribution in [-0.4, -0.2) is 42.6 Å². The van der Waals surface area contributed by atoms with Gasteiger partial charge in [0, 0.05) is 19.7 Å². The van der Waals surface area contributed by atoms with E-state index in [-0.39, 0.29) is 12.0 Å². The van der Waals surface area contributed by atoms with Crippen molar-refractivity contribution in [3.8, 4) is 5.75 Å². The molecule has 2 rings (SSSR count). The normalized spacial score (nSPS) is 17.5. The van der Waals surface area contributed by atoms with Gasteiger partial charge in [-0.3, -0.25) is 0 Å². The third-order valence-electron chi connectivity index (χ3n) is 4.24. The molecule has 0 radical (unpaired) electrons. The summed E-state index contributed by atoms with van der Waals surface area (Å²) in [4.78, 5) is 0. The number of aliphatic hydroxyl groups is 2. The second-order valence-corrected chi connectivity index (χ2v) is 6.34. The molecule has 0 aliphatic heterocycles. The predicted octanol–water partition coefficient (Wildman–Crippen LogP) is 1.80. The lowest BCUT2D eigenvalue weighted by molar-refractivity contribution is 0.104. The number of nitrogens with one attached hydrogen (secondary N) is 1. The summed E-state index contributed by atoms with van der Waals surface area (Å²) in [5, 5.41) is 22.3. The van der Waals surface area contributed by atoms with Crippen LogP contribution in [0, 0.1) is 19.3 Å². The molecule has 0 bridgehead atoms. The van der Waals surface area contributed by atoms with Crippen LogP contribution in [0.5, 0.6) is 5.75 Å².